The molecule has 2 aromatic rings. The molecule has 3 nitrogen and oxygen atoms in total. The maximum Gasteiger partial charge on any atom is 0.308 e. The first kappa shape index (κ1) is 17.5. The normalized spacial score (nSPS) is 13.3. The third kappa shape index (κ3) is 5.08. The van der Waals surface area contributed by atoms with Gasteiger partial charge >= 0.3 is 5.97 Å². The molecule has 2 rings (SSSR count). The fraction of sp³-hybridized carbons (Fsp3) is 0.316. The Morgan fingerprint density at radius 3 is 2.26 bits per heavy atom. The van der Waals surface area contributed by atoms with Crippen LogP contribution in [0.1, 0.15) is 18.9 Å². The third-order valence-electron chi connectivity index (χ3n) is 3.94. The fourth-order valence-electron chi connectivity index (χ4n) is 2.64. The van der Waals surface area contributed by atoms with Gasteiger partial charge in [-0.1, -0.05) is 61.5 Å². The van der Waals surface area contributed by atoms with Crippen molar-refractivity contribution in [2.45, 2.75) is 25.8 Å². The number of carbonyl (C=O) groups is 1. The molecule has 4 heteroatoms. The number of hydrogen-bond acceptors (Lipinski definition) is 3. The highest BCUT2D eigenvalue weighted by atomic mass is 35.5. The Labute approximate surface area is 142 Å². The average Bonchev–Trinajstić information content (AvgIpc) is 2.61. The Kier molecular flexibility index (Phi) is 6.63. The van der Waals surface area contributed by atoms with Gasteiger partial charge in [-0.2, -0.15) is 0 Å². The van der Waals surface area contributed by atoms with Gasteiger partial charge in [0.15, 0.2) is 0 Å². The molecule has 0 aliphatic heterocycles. The average molecular weight is 332 g/mol. The van der Waals surface area contributed by atoms with Crippen molar-refractivity contribution in [3.63, 3.8) is 0 Å². The molecule has 0 unspecified atom stereocenters. The quantitative estimate of drug-likeness (QED) is 0.610. The summed E-state index contributed by atoms with van der Waals surface area (Å²) in [5.74, 6) is -0.388. The van der Waals surface area contributed by atoms with E-state index in [1.54, 1.807) is 0 Å². The molecule has 1 N–H and O–H groups in total. The van der Waals surface area contributed by atoms with E-state index >= 15 is 0 Å². The van der Waals surface area contributed by atoms with E-state index in [1.165, 1.54) is 23.8 Å². The molecule has 0 saturated carbocycles. The molecule has 0 bridgehead atoms. The fourth-order valence-corrected chi connectivity index (χ4v) is 2.81. The first-order valence-electron chi connectivity index (χ1n) is 7.72. The Bertz CT molecular complexity index is 613. The highest BCUT2D eigenvalue weighted by molar-refractivity contribution is 6.13. The van der Waals surface area contributed by atoms with Crippen molar-refractivity contribution in [2.75, 3.05) is 7.11 Å². The van der Waals surface area contributed by atoms with Crippen LogP contribution in [0.25, 0.3) is 11.1 Å². The van der Waals surface area contributed by atoms with Gasteiger partial charge in [0, 0.05) is 6.04 Å². The van der Waals surface area contributed by atoms with Crippen LogP contribution in [0.15, 0.2) is 54.6 Å². The first-order valence-corrected chi connectivity index (χ1v) is 8.10. The third-order valence-corrected chi connectivity index (χ3v) is 4.25. The minimum Gasteiger partial charge on any atom is -0.469 e. The maximum absolute atomic E-state index is 11.5. The van der Waals surface area contributed by atoms with E-state index in [9.17, 15) is 4.79 Å². The number of ether oxygens (including phenoxy) is 1. The van der Waals surface area contributed by atoms with E-state index in [0.717, 1.165) is 6.42 Å². The summed E-state index contributed by atoms with van der Waals surface area (Å²) in [5, 5.41) is 0. The Balaban J connectivity index is 2.00. The number of halogens is 1. The Hall–Kier alpha value is -1.84. The van der Waals surface area contributed by atoms with Crippen molar-refractivity contribution in [2.24, 2.45) is 5.92 Å². The van der Waals surface area contributed by atoms with E-state index in [4.69, 9.17) is 16.5 Å². The molecular weight excluding hydrogens is 310 g/mol. The minimum atomic E-state index is -0.207. The summed E-state index contributed by atoms with van der Waals surface area (Å²) in [6.07, 6.45) is 1.40. The standard InChI is InChI=1S/C19H22ClNO2/c1-14(19(22)23-2)12-18(21-20)13-15-8-10-17(11-9-15)16-6-4-3-5-7-16/h3-11,14,18,21H,12-13H2,1-2H3/t14-,18+/m0/s1. The molecule has 0 aliphatic rings. The summed E-state index contributed by atoms with van der Waals surface area (Å²) in [6.45, 7) is 1.85. The van der Waals surface area contributed by atoms with E-state index in [2.05, 4.69) is 41.2 Å². The number of nitrogens with one attached hydrogen (secondary N) is 1. The highest BCUT2D eigenvalue weighted by Gasteiger charge is 2.19. The van der Waals surface area contributed by atoms with Gasteiger partial charge in [-0.3, -0.25) is 4.79 Å². The second kappa shape index (κ2) is 8.70. The van der Waals surface area contributed by atoms with Crippen molar-refractivity contribution in [1.82, 2.24) is 4.84 Å². The maximum atomic E-state index is 11.5. The van der Waals surface area contributed by atoms with Crippen LogP contribution in [0, 0.1) is 5.92 Å². The lowest BCUT2D eigenvalue weighted by molar-refractivity contribution is -0.145. The number of rotatable bonds is 7. The van der Waals surface area contributed by atoms with Crippen molar-refractivity contribution in [3.05, 3.63) is 60.2 Å². The van der Waals surface area contributed by atoms with Gasteiger partial charge in [0.1, 0.15) is 0 Å². The monoisotopic (exact) mass is 331 g/mol. The minimum absolute atomic E-state index is 0.0216. The topological polar surface area (TPSA) is 38.3 Å². The summed E-state index contributed by atoms with van der Waals surface area (Å²) in [7, 11) is 1.41. The molecule has 0 aromatic heterocycles. The van der Waals surface area contributed by atoms with E-state index in [0.29, 0.717) is 6.42 Å². The van der Waals surface area contributed by atoms with Crippen LogP contribution in [-0.4, -0.2) is 19.1 Å². The molecule has 0 spiro atoms. The molecule has 0 radical (unpaired) electrons. The van der Waals surface area contributed by atoms with E-state index in [-0.39, 0.29) is 17.9 Å². The number of carbonyl (C=O) groups excluding carboxylic acids is 1. The molecular formula is C19H22ClNO2. The van der Waals surface area contributed by atoms with Gasteiger partial charge < -0.3 is 4.74 Å². The highest BCUT2D eigenvalue weighted by Crippen LogP contribution is 2.20. The van der Waals surface area contributed by atoms with E-state index < -0.39 is 0 Å². The van der Waals surface area contributed by atoms with Crippen LogP contribution in [0.4, 0.5) is 0 Å². The second-order valence-electron chi connectivity index (χ2n) is 5.73. The first-order chi connectivity index (χ1) is 11.1. The predicted molar refractivity (Wildman–Crippen MR) is 94.2 cm³/mol. The van der Waals surface area contributed by atoms with Crippen LogP contribution in [0.5, 0.6) is 0 Å². The number of hydrogen-bond donors (Lipinski definition) is 1. The van der Waals surface area contributed by atoms with Crippen LogP contribution < -0.4 is 4.84 Å². The predicted octanol–water partition coefficient (Wildman–Crippen LogP) is 4.21. The van der Waals surface area contributed by atoms with Crippen molar-refractivity contribution < 1.29 is 9.53 Å². The van der Waals surface area contributed by atoms with Crippen LogP contribution >= 0.6 is 11.8 Å². The Morgan fingerprint density at radius 1 is 1.09 bits per heavy atom. The van der Waals surface area contributed by atoms with E-state index in [1.807, 2.05) is 25.1 Å². The van der Waals surface area contributed by atoms with Crippen LogP contribution in [0.2, 0.25) is 0 Å². The van der Waals surface area contributed by atoms with Gasteiger partial charge in [0.05, 0.1) is 13.0 Å². The number of esters is 1. The molecule has 0 amide bonds. The SMILES string of the molecule is COC(=O)[C@@H](C)C[C@H](Cc1ccc(-c2ccccc2)cc1)NCl. The lowest BCUT2D eigenvalue weighted by atomic mass is 9.95. The van der Waals surface area contributed by atoms with Crippen LogP contribution in [-0.2, 0) is 16.0 Å². The second-order valence-corrected chi connectivity index (χ2v) is 5.95. The van der Waals surface area contributed by atoms with Crippen molar-refractivity contribution in [1.29, 1.82) is 0 Å². The van der Waals surface area contributed by atoms with Gasteiger partial charge in [-0.25, -0.2) is 4.84 Å². The van der Waals surface area contributed by atoms with Crippen molar-refractivity contribution >= 4 is 17.7 Å². The van der Waals surface area contributed by atoms with Crippen molar-refractivity contribution in [3.8, 4) is 11.1 Å². The molecule has 0 aliphatic carbocycles. The zero-order chi connectivity index (χ0) is 16.7. The molecule has 0 heterocycles. The number of benzene rings is 2. The summed E-state index contributed by atoms with van der Waals surface area (Å²) >= 11 is 5.83. The number of methoxy groups -OCH3 is 1. The smallest absolute Gasteiger partial charge is 0.308 e. The molecule has 122 valence electrons. The lowest BCUT2D eigenvalue weighted by Crippen LogP contribution is -2.29. The lowest BCUT2D eigenvalue weighted by Gasteiger charge is -2.18. The molecule has 2 atom stereocenters. The summed E-state index contributed by atoms with van der Waals surface area (Å²) < 4.78 is 4.76. The summed E-state index contributed by atoms with van der Waals surface area (Å²) in [5.41, 5.74) is 3.57. The molecule has 0 fully saturated rings. The van der Waals surface area contributed by atoms with Crippen LogP contribution in [0.3, 0.4) is 0 Å². The van der Waals surface area contributed by atoms with Gasteiger partial charge in [-0.15, -0.1) is 0 Å². The summed E-state index contributed by atoms with van der Waals surface area (Å²) in [4.78, 5) is 14.3. The van der Waals surface area contributed by atoms with Gasteiger partial charge in [0.2, 0.25) is 0 Å². The molecule has 2 aromatic carbocycles. The zero-order valence-electron chi connectivity index (χ0n) is 13.5. The largest absolute Gasteiger partial charge is 0.469 e. The molecule has 0 saturated heterocycles. The van der Waals surface area contributed by atoms with Gasteiger partial charge in [-0.05, 0) is 41.3 Å². The summed E-state index contributed by atoms with van der Waals surface area (Å²) in [6, 6.07) is 18.7. The molecule has 23 heavy (non-hydrogen) atoms. The Morgan fingerprint density at radius 2 is 1.70 bits per heavy atom. The zero-order valence-corrected chi connectivity index (χ0v) is 14.2. The van der Waals surface area contributed by atoms with Gasteiger partial charge in [0.25, 0.3) is 0 Å².